The number of benzene rings is 1. The highest BCUT2D eigenvalue weighted by Crippen LogP contribution is 2.41. The Balaban J connectivity index is 1.72. The molecule has 0 aromatic heterocycles. The Bertz CT molecular complexity index is 596. The van der Waals surface area contributed by atoms with Gasteiger partial charge in [-0.1, -0.05) is 0 Å². The van der Waals surface area contributed by atoms with Crippen LogP contribution in [0.15, 0.2) is 12.1 Å². The first-order chi connectivity index (χ1) is 11.3. The van der Waals surface area contributed by atoms with E-state index in [2.05, 4.69) is 4.90 Å². The lowest BCUT2D eigenvalue weighted by Gasteiger charge is -2.48. The van der Waals surface area contributed by atoms with Gasteiger partial charge in [-0.2, -0.15) is 0 Å². The molecule has 0 saturated carbocycles. The Labute approximate surface area is 137 Å². The number of piperidine rings is 3. The maximum atomic E-state index is 12.0. The van der Waals surface area contributed by atoms with E-state index in [-0.39, 0.29) is 6.04 Å². The first-order valence-corrected chi connectivity index (χ1v) is 8.78. The summed E-state index contributed by atoms with van der Waals surface area (Å²) in [6.45, 7) is 4.02. The van der Waals surface area contributed by atoms with E-state index in [0.717, 1.165) is 54.9 Å². The fourth-order valence-electron chi connectivity index (χ4n) is 4.39. The van der Waals surface area contributed by atoms with Gasteiger partial charge in [0, 0.05) is 17.8 Å². The molecule has 2 bridgehead atoms. The molecule has 1 atom stereocenters. The van der Waals surface area contributed by atoms with Crippen molar-refractivity contribution in [2.24, 2.45) is 5.92 Å². The number of anilines is 2. The number of nitrogen functional groups attached to an aromatic ring is 1. The van der Waals surface area contributed by atoms with Crippen molar-refractivity contribution < 1.29 is 9.53 Å². The van der Waals surface area contributed by atoms with Gasteiger partial charge in [0.1, 0.15) is 5.75 Å². The summed E-state index contributed by atoms with van der Waals surface area (Å²) in [7, 11) is 0. The number of nitrogens with zero attached hydrogens (tertiary/aromatic N) is 2. The Kier molecular flexibility index (Phi) is 3.89. The van der Waals surface area contributed by atoms with Gasteiger partial charge in [0.2, 0.25) is 6.41 Å². The van der Waals surface area contributed by atoms with Crippen LogP contribution < -0.4 is 15.4 Å². The van der Waals surface area contributed by atoms with Crippen LogP contribution in [0.3, 0.4) is 0 Å². The Morgan fingerprint density at radius 2 is 2.09 bits per heavy atom. The van der Waals surface area contributed by atoms with E-state index in [1.807, 2.05) is 17.0 Å². The van der Waals surface area contributed by atoms with Crippen LogP contribution in [0.25, 0.3) is 0 Å². The standard InChI is InChI=1S/C18H25N3O2/c19-15-4-5-16(18-14(15)3-1-2-10-23-18)21(12-22)17-11-20-8-6-13(17)7-9-20/h4-5,12-13,17H,1-3,6-11,19H2. The molecule has 5 rings (SSSR count). The minimum Gasteiger partial charge on any atom is -0.491 e. The molecule has 3 fully saturated rings. The molecule has 0 radical (unpaired) electrons. The first kappa shape index (κ1) is 14.8. The third kappa shape index (κ3) is 2.57. The molecule has 0 aliphatic carbocycles. The maximum absolute atomic E-state index is 12.0. The minimum atomic E-state index is 0.259. The Hall–Kier alpha value is -1.75. The smallest absolute Gasteiger partial charge is 0.214 e. The summed E-state index contributed by atoms with van der Waals surface area (Å²) >= 11 is 0. The van der Waals surface area contributed by atoms with Crippen molar-refractivity contribution in [1.82, 2.24) is 4.90 Å². The van der Waals surface area contributed by atoms with Crippen molar-refractivity contribution in [2.45, 2.75) is 38.1 Å². The second kappa shape index (κ2) is 6.04. The van der Waals surface area contributed by atoms with Crippen molar-refractivity contribution >= 4 is 17.8 Å². The van der Waals surface area contributed by atoms with E-state index in [1.54, 1.807) is 0 Å². The molecule has 5 heteroatoms. The molecule has 1 unspecified atom stereocenters. The lowest BCUT2D eigenvalue weighted by molar-refractivity contribution is -0.108. The van der Waals surface area contributed by atoms with Gasteiger partial charge in [-0.25, -0.2) is 0 Å². The molecule has 1 amide bonds. The molecular formula is C18H25N3O2. The van der Waals surface area contributed by atoms with E-state index in [1.165, 1.54) is 25.9 Å². The van der Waals surface area contributed by atoms with Crippen LogP contribution in [0.1, 0.15) is 31.2 Å². The summed E-state index contributed by atoms with van der Waals surface area (Å²) in [5.74, 6) is 1.44. The van der Waals surface area contributed by atoms with Gasteiger partial charge in [-0.15, -0.1) is 0 Å². The second-order valence-corrected chi connectivity index (χ2v) is 7.01. The van der Waals surface area contributed by atoms with Crippen LogP contribution in [-0.2, 0) is 11.2 Å². The number of carbonyl (C=O) groups excluding carboxylic acids is 1. The molecule has 5 nitrogen and oxygen atoms in total. The third-order valence-corrected chi connectivity index (χ3v) is 5.71. The lowest BCUT2D eigenvalue weighted by Crippen LogP contribution is -2.57. The highest BCUT2D eigenvalue weighted by molar-refractivity contribution is 5.83. The molecule has 4 heterocycles. The zero-order chi connectivity index (χ0) is 15.8. The zero-order valence-electron chi connectivity index (χ0n) is 13.5. The van der Waals surface area contributed by atoms with E-state index in [0.29, 0.717) is 12.5 Å². The largest absolute Gasteiger partial charge is 0.491 e. The maximum Gasteiger partial charge on any atom is 0.214 e. The molecule has 1 aromatic rings. The van der Waals surface area contributed by atoms with Crippen LogP contribution >= 0.6 is 0 Å². The van der Waals surface area contributed by atoms with E-state index >= 15 is 0 Å². The SMILES string of the molecule is Nc1ccc(N(C=O)C2CN3CCC2CC3)c2c1CCCCO2. The van der Waals surface area contributed by atoms with Gasteiger partial charge < -0.3 is 20.3 Å². The number of fused-ring (bicyclic) bond motifs is 4. The summed E-state index contributed by atoms with van der Waals surface area (Å²) in [6.07, 6.45) is 6.42. The van der Waals surface area contributed by atoms with Gasteiger partial charge in [0.05, 0.1) is 18.3 Å². The van der Waals surface area contributed by atoms with Gasteiger partial charge in [-0.3, -0.25) is 4.79 Å². The Morgan fingerprint density at radius 3 is 2.78 bits per heavy atom. The van der Waals surface area contributed by atoms with Crippen LogP contribution in [0.5, 0.6) is 5.75 Å². The summed E-state index contributed by atoms with van der Waals surface area (Å²) in [4.78, 5) is 16.3. The number of rotatable bonds is 3. The normalized spacial score (nSPS) is 29.3. The number of hydrogen-bond acceptors (Lipinski definition) is 4. The van der Waals surface area contributed by atoms with E-state index in [4.69, 9.17) is 10.5 Å². The van der Waals surface area contributed by atoms with Crippen molar-refractivity contribution in [3.63, 3.8) is 0 Å². The van der Waals surface area contributed by atoms with Crippen molar-refractivity contribution in [1.29, 1.82) is 0 Å². The predicted octanol–water partition coefficient (Wildman–Crippen LogP) is 2.04. The van der Waals surface area contributed by atoms with Crippen LogP contribution in [0, 0.1) is 5.92 Å². The summed E-state index contributed by atoms with van der Waals surface area (Å²) in [5, 5.41) is 0. The van der Waals surface area contributed by atoms with Gasteiger partial charge in [0.15, 0.2) is 0 Å². The minimum absolute atomic E-state index is 0.259. The average molecular weight is 315 g/mol. The molecule has 3 saturated heterocycles. The number of hydrogen-bond donors (Lipinski definition) is 1. The molecular weight excluding hydrogens is 290 g/mol. The van der Waals surface area contributed by atoms with Gasteiger partial charge in [-0.05, 0) is 63.2 Å². The summed E-state index contributed by atoms with van der Waals surface area (Å²) < 4.78 is 6.02. The molecule has 23 heavy (non-hydrogen) atoms. The van der Waals surface area contributed by atoms with Crippen LogP contribution in [-0.4, -0.2) is 43.6 Å². The zero-order valence-corrected chi connectivity index (χ0v) is 13.5. The lowest BCUT2D eigenvalue weighted by atomic mass is 9.83. The quantitative estimate of drug-likeness (QED) is 0.685. The monoisotopic (exact) mass is 315 g/mol. The predicted molar refractivity (Wildman–Crippen MR) is 90.8 cm³/mol. The summed E-state index contributed by atoms with van der Waals surface area (Å²) in [6, 6.07) is 4.15. The van der Waals surface area contributed by atoms with Gasteiger partial charge in [0.25, 0.3) is 0 Å². The number of carbonyl (C=O) groups is 1. The number of amides is 1. The van der Waals surface area contributed by atoms with Crippen molar-refractivity contribution in [2.75, 3.05) is 36.9 Å². The molecule has 1 aromatic carbocycles. The molecule has 0 spiro atoms. The number of nitrogens with two attached hydrogens (primary N) is 1. The van der Waals surface area contributed by atoms with Crippen molar-refractivity contribution in [3.05, 3.63) is 17.7 Å². The fourth-order valence-corrected chi connectivity index (χ4v) is 4.39. The molecule has 124 valence electrons. The van der Waals surface area contributed by atoms with E-state index < -0.39 is 0 Å². The van der Waals surface area contributed by atoms with Crippen LogP contribution in [0.4, 0.5) is 11.4 Å². The van der Waals surface area contributed by atoms with Gasteiger partial charge >= 0.3 is 0 Å². The fraction of sp³-hybridized carbons (Fsp3) is 0.611. The molecule has 2 N–H and O–H groups in total. The third-order valence-electron chi connectivity index (χ3n) is 5.71. The second-order valence-electron chi connectivity index (χ2n) is 7.01. The molecule has 4 aliphatic rings. The highest BCUT2D eigenvalue weighted by Gasteiger charge is 2.38. The summed E-state index contributed by atoms with van der Waals surface area (Å²) in [5.41, 5.74) is 8.93. The van der Waals surface area contributed by atoms with E-state index in [9.17, 15) is 4.79 Å². The molecule has 4 aliphatic heterocycles. The van der Waals surface area contributed by atoms with Crippen LogP contribution in [0.2, 0.25) is 0 Å². The van der Waals surface area contributed by atoms with Crippen molar-refractivity contribution in [3.8, 4) is 5.75 Å². The highest BCUT2D eigenvalue weighted by atomic mass is 16.5. The first-order valence-electron chi connectivity index (χ1n) is 8.78. The number of ether oxygens (including phenoxy) is 1. The topological polar surface area (TPSA) is 58.8 Å². The average Bonchev–Trinajstić information content (AvgIpc) is 2.85. The Morgan fingerprint density at radius 1 is 1.26 bits per heavy atom.